The van der Waals surface area contributed by atoms with Crippen molar-refractivity contribution in [3.05, 3.63) is 24.2 Å². The second-order valence-corrected chi connectivity index (χ2v) is 6.89. The molecule has 8 heteroatoms. The van der Waals surface area contributed by atoms with Gasteiger partial charge in [-0.05, 0) is 38.8 Å². The Bertz CT molecular complexity index is 576. The van der Waals surface area contributed by atoms with Crippen LogP contribution in [0.5, 0.6) is 0 Å². The van der Waals surface area contributed by atoms with E-state index >= 15 is 0 Å². The molecule has 8 nitrogen and oxygen atoms in total. The van der Waals surface area contributed by atoms with Crippen LogP contribution in [0, 0.1) is 5.92 Å². The number of rotatable bonds is 7. The van der Waals surface area contributed by atoms with Crippen LogP contribution in [0.3, 0.4) is 0 Å². The van der Waals surface area contributed by atoms with Crippen LogP contribution in [0.15, 0.2) is 22.8 Å². The summed E-state index contributed by atoms with van der Waals surface area (Å²) < 4.78 is 10.1. The van der Waals surface area contributed by atoms with E-state index in [-0.39, 0.29) is 36.6 Å². The molecule has 0 saturated heterocycles. The van der Waals surface area contributed by atoms with Gasteiger partial charge in [0.1, 0.15) is 11.6 Å². The van der Waals surface area contributed by atoms with E-state index in [0.717, 1.165) is 0 Å². The standard InChI is InChI=1S/C17H27N3O5/c1-11(2)13(20-16(23)25-17(3,4)5)15(22)19-9-8-18-14(21)12-7-6-10-24-12/h6-7,10-11,13H,8-9H2,1-5H3,(H,18,21)(H,19,22)(H,20,23)/t13-/m0/s1. The Hall–Kier alpha value is -2.51. The smallest absolute Gasteiger partial charge is 0.408 e. The van der Waals surface area contributed by atoms with E-state index < -0.39 is 17.7 Å². The molecule has 0 bridgehead atoms. The van der Waals surface area contributed by atoms with Crippen LogP contribution in [-0.2, 0) is 9.53 Å². The summed E-state index contributed by atoms with van der Waals surface area (Å²) in [4.78, 5) is 35.8. The van der Waals surface area contributed by atoms with Gasteiger partial charge in [0.05, 0.1) is 6.26 Å². The Kier molecular flexibility index (Phi) is 7.47. The third-order valence-electron chi connectivity index (χ3n) is 3.08. The predicted molar refractivity (Wildman–Crippen MR) is 92.0 cm³/mol. The summed E-state index contributed by atoms with van der Waals surface area (Å²) >= 11 is 0. The SMILES string of the molecule is CC(C)[C@H](NC(=O)OC(C)(C)C)C(=O)NCCNC(=O)c1ccco1. The van der Waals surface area contributed by atoms with Crippen LogP contribution < -0.4 is 16.0 Å². The van der Waals surface area contributed by atoms with E-state index in [0.29, 0.717) is 0 Å². The summed E-state index contributed by atoms with van der Waals surface area (Å²) in [5.41, 5.74) is -0.641. The lowest BCUT2D eigenvalue weighted by Gasteiger charge is -2.25. The molecule has 1 atom stereocenters. The molecule has 1 aromatic heterocycles. The van der Waals surface area contributed by atoms with Crippen molar-refractivity contribution in [2.45, 2.75) is 46.3 Å². The topological polar surface area (TPSA) is 110 Å². The average molecular weight is 353 g/mol. The molecule has 1 heterocycles. The fraction of sp³-hybridized carbons (Fsp3) is 0.588. The molecule has 0 saturated carbocycles. The van der Waals surface area contributed by atoms with Crippen molar-refractivity contribution < 1.29 is 23.5 Å². The largest absolute Gasteiger partial charge is 0.459 e. The summed E-state index contributed by atoms with van der Waals surface area (Å²) in [7, 11) is 0. The second kappa shape index (κ2) is 9.10. The number of carbonyl (C=O) groups is 3. The van der Waals surface area contributed by atoms with E-state index in [9.17, 15) is 14.4 Å². The van der Waals surface area contributed by atoms with E-state index in [1.807, 2.05) is 13.8 Å². The molecule has 1 rings (SSSR count). The molecule has 3 N–H and O–H groups in total. The maximum Gasteiger partial charge on any atom is 0.408 e. The maximum atomic E-state index is 12.2. The van der Waals surface area contributed by atoms with Crippen molar-refractivity contribution in [3.63, 3.8) is 0 Å². The first-order chi connectivity index (χ1) is 11.6. The first-order valence-electron chi connectivity index (χ1n) is 8.19. The number of nitrogens with one attached hydrogen (secondary N) is 3. The van der Waals surface area contributed by atoms with Crippen LogP contribution in [0.25, 0.3) is 0 Å². The van der Waals surface area contributed by atoms with Crippen molar-refractivity contribution >= 4 is 17.9 Å². The number of hydrogen-bond donors (Lipinski definition) is 3. The predicted octanol–water partition coefficient (Wildman–Crippen LogP) is 1.67. The highest BCUT2D eigenvalue weighted by Crippen LogP contribution is 2.08. The van der Waals surface area contributed by atoms with Crippen LogP contribution >= 0.6 is 0 Å². The van der Waals surface area contributed by atoms with Gasteiger partial charge in [-0.25, -0.2) is 4.79 Å². The minimum absolute atomic E-state index is 0.120. The van der Waals surface area contributed by atoms with Crippen LogP contribution in [0.2, 0.25) is 0 Å². The Balaban J connectivity index is 2.40. The van der Waals surface area contributed by atoms with Gasteiger partial charge >= 0.3 is 6.09 Å². The molecule has 1 aromatic rings. The Morgan fingerprint density at radius 1 is 1.16 bits per heavy atom. The van der Waals surface area contributed by atoms with E-state index in [4.69, 9.17) is 9.15 Å². The minimum Gasteiger partial charge on any atom is -0.459 e. The number of furan rings is 1. The van der Waals surface area contributed by atoms with Crippen molar-refractivity contribution in [2.24, 2.45) is 5.92 Å². The molecule has 0 radical (unpaired) electrons. The minimum atomic E-state index is -0.726. The highest BCUT2D eigenvalue weighted by Gasteiger charge is 2.26. The number of alkyl carbamates (subject to hydrolysis) is 1. The highest BCUT2D eigenvalue weighted by atomic mass is 16.6. The lowest BCUT2D eigenvalue weighted by atomic mass is 10.0. The number of hydrogen-bond acceptors (Lipinski definition) is 5. The van der Waals surface area contributed by atoms with Gasteiger partial charge in [-0.15, -0.1) is 0 Å². The van der Waals surface area contributed by atoms with Crippen LogP contribution in [-0.4, -0.2) is 42.6 Å². The molecule has 3 amide bonds. The van der Waals surface area contributed by atoms with Gasteiger partial charge in [-0.2, -0.15) is 0 Å². The molecule has 0 aliphatic carbocycles. The zero-order valence-corrected chi connectivity index (χ0v) is 15.3. The first-order valence-corrected chi connectivity index (χ1v) is 8.19. The lowest BCUT2D eigenvalue weighted by molar-refractivity contribution is -0.124. The number of ether oxygens (including phenoxy) is 1. The zero-order chi connectivity index (χ0) is 19.0. The molecular weight excluding hydrogens is 326 g/mol. The summed E-state index contributed by atoms with van der Waals surface area (Å²) in [6.07, 6.45) is 0.763. The van der Waals surface area contributed by atoms with Crippen molar-refractivity contribution in [1.29, 1.82) is 0 Å². The monoisotopic (exact) mass is 353 g/mol. The molecule has 0 aliphatic rings. The van der Waals surface area contributed by atoms with Gasteiger partial charge in [0.15, 0.2) is 5.76 Å². The van der Waals surface area contributed by atoms with Crippen molar-refractivity contribution in [3.8, 4) is 0 Å². The molecule has 0 fully saturated rings. The number of carbonyl (C=O) groups excluding carboxylic acids is 3. The summed E-state index contributed by atoms with van der Waals surface area (Å²) in [5.74, 6) is -0.608. The van der Waals surface area contributed by atoms with Crippen molar-refractivity contribution in [2.75, 3.05) is 13.1 Å². The van der Waals surface area contributed by atoms with Gasteiger partial charge in [-0.3, -0.25) is 9.59 Å². The van der Waals surface area contributed by atoms with Gasteiger partial charge in [0.25, 0.3) is 5.91 Å². The van der Waals surface area contributed by atoms with Gasteiger partial charge < -0.3 is 25.1 Å². The molecule has 0 aromatic carbocycles. The Labute approximate surface area is 147 Å². The third kappa shape index (κ3) is 7.73. The fourth-order valence-electron chi connectivity index (χ4n) is 1.94. The summed E-state index contributed by atoms with van der Waals surface area (Å²) in [6.45, 7) is 9.35. The first kappa shape index (κ1) is 20.5. The zero-order valence-electron chi connectivity index (χ0n) is 15.3. The van der Waals surface area contributed by atoms with Crippen LogP contribution in [0.4, 0.5) is 4.79 Å². The van der Waals surface area contributed by atoms with Gasteiger partial charge in [0.2, 0.25) is 5.91 Å². The number of amides is 3. The molecule has 0 aliphatic heterocycles. The van der Waals surface area contributed by atoms with E-state index in [2.05, 4.69) is 16.0 Å². The lowest BCUT2D eigenvalue weighted by Crippen LogP contribution is -2.51. The Morgan fingerprint density at radius 3 is 2.32 bits per heavy atom. The summed E-state index contributed by atoms with van der Waals surface area (Å²) in [5, 5.41) is 7.87. The molecule has 0 unspecified atom stereocenters. The maximum absolute atomic E-state index is 12.2. The molecule has 140 valence electrons. The van der Waals surface area contributed by atoms with Gasteiger partial charge in [-0.1, -0.05) is 13.8 Å². The quantitative estimate of drug-likeness (QED) is 0.646. The van der Waals surface area contributed by atoms with Crippen LogP contribution in [0.1, 0.15) is 45.2 Å². The Morgan fingerprint density at radius 2 is 1.80 bits per heavy atom. The van der Waals surface area contributed by atoms with Gasteiger partial charge in [0, 0.05) is 13.1 Å². The third-order valence-corrected chi connectivity index (χ3v) is 3.08. The molecule has 25 heavy (non-hydrogen) atoms. The summed E-state index contributed by atoms with van der Waals surface area (Å²) in [6, 6.07) is 2.44. The second-order valence-electron chi connectivity index (χ2n) is 6.89. The fourth-order valence-corrected chi connectivity index (χ4v) is 1.94. The van der Waals surface area contributed by atoms with E-state index in [1.165, 1.54) is 6.26 Å². The normalized spacial score (nSPS) is 12.4. The van der Waals surface area contributed by atoms with E-state index in [1.54, 1.807) is 32.9 Å². The molecule has 0 spiro atoms. The van der Waals surface area contributed by atoms with Crippen molar-refractivity contribution in [1.82, 2.24) is 16.0 Å². The average Bonchev–Trinajstić information content (AvgIpc) is 3.01. The highest BCUT2D eigenvalue weighted by molar-refractivity contribution is 5.91. The molecular formula is C17H27N3O5.